The predicted molar refractivity (Wildman–Crippen MR) is 117 cm³/mol. The molecule has 0 aliphatic carbocycles. The topological polar surface area (TPSA) is 37.7 Å². The molecule has 1 aromatic heterocycles. The van der Waals surface area contributed by atoms with Gasteiger partial charge in [0.15, 0.2) is 0 Å². The number of methoxy groups -OCH3 is 1. The van der Waals surface area contributed by atoms with E-state index < -0.39 is 0 Å². The van der Waals surface area contributed by atoms with Crippen molar-refractivity contribution in [1.82, 2.24) is 9.47 Å². The minimum absolute atomic E-state index is 0.0488. The zero-order chi connectivity index (χ0) is 19.8. The Morgan fingerprint density at radius 2 is 1.41 bits per heavy atom. The van der Waals surface area contributed by atoms with Gasteiger partial charge in [0.1, 0.15) is 5.75 Å². The normalized spacial score (nSPS) is 14.5. The molecule has 2 heterocycles. The molecule has 0 radical (unpaired) electrons. The quantitative estimate of drug-likeness (QED) is 0.506. The summed E-state index contributed by atoms with van der Waals surface area (Å²) in [5.74, 6) is 0.853. The number of carbonyl (C=O) groups is 1. The molecule has 1 fully saturated rings. The number of ether oxygens (including phenoxy) is 1. The number of hydrogen-bond donors (Lipinski definition) is 0. The Bertz CT molecular complexity index is 1140. The summed E-state index contributed by atoms with van der Waals surface area (Å²) in [5.41, 5.74) is 3.07. The summed E-state index contributed by atoms with van der Waals surface area (Å²) in [6, 6.07) is 24.4. The highest BCUT2D eigenvalue weighted by molar-refractivity contribution is 6.13. The fourth-order valence-electron chi connectivity index (χ4n) is 4.23. The van der Waals surface area contributed by atoms with Crippen molar-refractivity contribution < 1.29 is 9.53 Å². The van der Waals surface area contributed by atoms with Gasteiger partial charge < -0.3 is 14.5 Å². The van der Waals surface area contributed by atoms with Gasteiger partial charge in [0.25, 0.3) is 0 Å². The lowest BCUT2D eigenvalue weighted by atomic mass is 10.2. The van der Waals surface area contributed by atoms with Crippen LogP contribution < -0.4 is 9.64 Å². The van der Waals surface area contributed by atoms with Crippen LogP contribution in [0, 0.1) is 0 Å². The maximum atomic E-state index is 13.5. The molecule has 146 valence electrons. The monoisotopic (exact) mass is 385 g/mol. The van der Waals surface area contributed by atoms with Crippen molar-refractivity contribution in [1.29, 1.82) is 0 Å². The van der Waals surface area contributed by atoms with Gasteiger partial charge in [-0.1, -0.05) is 42.5 Å². The summed E-state index contributed by atoms with van der Waals surface area (Å²) in [6.07, 6.45) is 0. The van der Waals surface area contributed by atoms with Crippen LogP contribution in [0.3, 0.4) is 0 Å². The first-order chi connectivity index (χ1) is 14.3. The third-order valence-electron chi connectivity index (χ3n) is 5.74. The van der Waals surface area contributed by atoms with Gasteiger partial charge in [-0.25, -0.2) is 4.79 Å². The summed E-state index contributed by atoms with van der Waals surface area (Å²) < 4.78 is 7.21. The number of rotatable bonds is 2. The minimum Gasteiger partial charge on any atom is -0.497 e. The molecular weight excluding hydrogens is 362 g/mol. The Morgan fingerprint density at radius 3 is 2.03 bits per heavy atom. The van der Waals surface area contributed by atoms with Gasteiger partial charge in [-0.05, 0) is 24.3 Å². The summed E-state index contributed by atoms with van der Waals surface area (Å²) in [5, 5.41) is 2.23. The zero-order valence-corrected chi connectivity index (χ0v) is 16.4. The number of amides is 1. The summed E-state index contributed by atoms with van der Waals surface area (Å²) in [4.78, 5) is 17.7. The van der Waals surface area contributed by atoms with E-state index in [0.29, 0.717) is 13.1 Å². The molecule has 5 heteroatoms. The SMILES string of the molecule is COc1cccc(N2CCN(C(=O)n3c4ccccc4c4ccccc43)CC2)c1. The molecule has 1 aliphatic rings. The Morgan fingerprint density at radius 1 is 0.793 bits per heavy atom. The molecule has 1 amide bonds. The first-order valence-corrected chi connectivity index (χ1v) is 9.93. The standard InChI is InChI=1S/C24H23N3O2/c1-29-19-8-6-7-18(17-19)25-13-15-26(16-14-25)24(28)27-22-11-4-2-9-20(22)21-10-3-5-12-23(21)27/h2-12,17H,13-16H2,1H3. The fraction of sp³-hybridized carbons (Fsp3) is 0.208. The first kappa shape index (κ1) is 17.6. The first-order valence-electron chi connectivity index (χ1n) is 9.93. The number of anilines is 1. The molecular formula is C24H23N3O2. The molecule has 4 aromatic rings. The van der Waals surface area contributed by atoms with Crippen molar-refractivity contribution in [3.63, 3.8) is 0 Å². The van der Waals surface area contributed by atoms with Crippen molar-refractivity contribution in [2.45, 2.75) is 0 Å². The minimum atomic E-state index is 0.0488. The average molecular weight is 385 g/mol. The van der Waals surface area contributed by atoms with E-state index in [4.69, 9.17) is 4.74 Å². The van der Waals surface area contributed by atoms with Crippen LogP contribution in [0.5, 0.6) is 5.75 Å². The third-order valence-corrected chi connectivity index (χ3v) is 5.74. The second-order valence-electron chi connectivity index (χ2n) is 7.33. The molecule has 5 nitrogen and oxygen atoms in total. The molecule has 0 N–H and O–H groups in total. The van der Waals surface area contributed by atoms with E-state index in [2.05, 4.69) is 23.1 Å². The number of aromatic nitrogens is 1. The van der Waals surface area contributed by atoms with Gasteiger partial charge >= 0.3 is 6.03 Å². The van der Waals surface area contributed by atoms with Crippen molar-refractivity contribution in [2.75, 3.05) is 38.2 Å². The van der Waals surface area contributed by atoms with E-state index in [1.54, 1.807) is 7.11 Å². The lowest BCUT2D eigenvalue weighted by Crippen LogP contribution is -2.50. The molecule has 0 saturated carbocycles. The number of hydrogen-bond acceptors (Lipinski definition) is 3. The van der Waals surface area contributed by atoms with Crippen LogP contribution in [0.25, 0.3) is 21.8 Å². The van der Waals surface area contributed by atoms with Crippen LogP contribution in [-0.4, -0.2) is 48.8 Å². The average Bonchev–Trinajstić information content (AvgIpc) is 3.13. The largest absolute Gasteiger partial charge is 0.497 e. The van der Waals surface area contributed by atoms with Crippen molar-refractivity contribution in [3.8, 4) is 5.75 Å². The zero-order valence-electron chi connectivity index (χ0n) is 16.4. The molecule has 29 heavy (non-hydrogen) atoms. The van der Waals surface area contributed by atoms with E-state index in [1.165, 1.54) is 0 Å². The smallest absolute Gasteiger partial charge is 0.329 e. The van der Waals surface area contributed by atoms with Crippen LogP contribution in [0.15, 0.2) is 72.8 Å². The molecule has 1 aliphatic heterocycles. The molecule has 0 bridgehead atoms. The molecule has 0 spiro atoms. The molecule has 1 saturated heterocycles. The second kappa shape index (κ2) is 7.17. The lowest BCUT2D eigenvalue weighted by molar-refractivity contribution is 0.198. The van der Waals surface area contributed by atoms with E-state index in [9.17, 15) is 4.79 Å². The predicted octanol–water partition coefficient (Wildman–Crippen LogP) is 4.59. The lowest BCUT2D eigenvalue weighted by Gasteiger charge is -2.36. The highest BCUT2D eigenvalue weighted by Gasteiger charge is 2.25. The number of benzene rings is 3. The van der Waals surface area contributed by atoms with Gasteiger partial charge in [0.05, 0.1) is 18.1 Å². The molecule has 5 rings (SSSR count). The van der Waals surface area contributed by atoms with Gasteiger partial charge in [-0.15, -0.1) is 0 Å². The Hall–Kier alpha value is -3.47. The maximum absolute atomic E-state index is 13.5. The van der Waals surface area contributed by atoms with Crippen molar-refractivity contribution in [2.24, 2.45) is 0 Å². The van der Waals surface area contributed by atoms with Crippen LogP contribution in [-0.2, 0) is 0 Å². The van der Waals surface area contributed by atoms with Gasteiger partial charge in [0, 0.05) is 48.7 Å². The second-order valence-corrected chi connectivity index (χ2v) is 7.33. The van der Waals surface area contributed by atoms with Crippen LogP contribution in [0.1, 0.15) is 0 Å². The van der Waals surface area contributed by atoms with E-state index in [0.717, 1.165) is 46.3 Å². The number of para-hydroxylation sites is 2. The number of fused-ring (bicyclic) bond motifs is 3. The fourth-order valence-corrected chi connectivity index (χ4v) is 4.23. The van der Waals surface area contributed by atoms with Crippen molar-refractivity contribution in [3.05, 3.63) is 72.8 Å². The Labute approximate surface area is 169 Å². The number of piperazine rings is 1. The highest BCUT2D eigenvalue weighted by Crippen LogP contribution is 2.29. The van der Waals surface area contributed by atoms with Crippen LogP contribution >= 0.6 is 0 Å². The van der Waals surface area contributed by atoms with Gasteiger partial charge in [-0.3, -0.25) is 4.57 Å². The van der Waals surface area contributed by atoms with E-state index in [-0.39, 0.29) is 6.03 Å². The third kappa shape index (κ3) is 2.99. The van der Waals surface area contributed by atoms with Crippen LogP contribution in [0.4, 0.5) is 10.5 Å². The van der Waals surface area contributed by atoms with Crippen molar-refractivity contribution >= 4 is 33.5 Å². The highest BCUT2D eigenvalue weighted by atomic mass is 16.5. The van der Waals surface area contributed by atoms with Gasteiger partial charge in [0.2, 0.25) is 0 Å². The Kier molecular flexibility index (Phi) is 4.35. The van der Waals surface area contributed by atoms with Crippen LogP contribution in [0.2, 0.25) is 0 Å². The Balaban J connectivity index is 1.42. The van der Waals surface area contributed by atoms with E-state index >= 15 is 0 Å². The van der Waals surface area contributed by atoms with E-state index in [1.807, 2.05) is 64.1 Å². The maximum Gasteiger partial charge on any atom is 0.329 e. The number of carbonyl (C=O) groups excluding carboxylic acids is 1. The summed E-state index contributed by atoms with van der Waals surface area (Å²) in [7, 11) is 1.68. The molecule has 0 atom stereocenters. The summed E-state index contributed by atoms with van der Waals surface area (Å²) >= 11 is 0. The molecule has 0 unspecified atom stereocenters. The van der Waals surface area contributed by atoms with Gasteiger partial charge in [-0.2, -0.15) is 0 Å². The number of nitrogens with zero attached hydrogens (tertiary/aromatic N) is 3. The summed E-state index contributed by atoms with van der Waals surface area (Å²) in [6.45, 7) is 2.99. The molecule has 3 aromatic carbocycles.